The Balaban J connectivity index is 2.65. The van der Waals surface area contributed by atoms with E-state index in [4.69, 9.17) is 22.1 Å². The molecule has 1 aromatic carbocycles. The number of ether oxygens (including phenoxy) is 1. The minimum atomic E-state index is -0.406. The van der Waals surface area contributed by atoms with E-state index in [1.165, 1.54) is 0 Å². The molecule has 0 fully saturated rings. The molecule has 4 nitrogen and oxygen atoms in total. The van der Waals surface area contributed by atoms with Crippen molar-refractivity contribution in [2.45, 2.75) is 13.8 Å². The summed E-state index contributed by atoms with van der Waals surface area (Å²) in [6.45, 7) is 3.92. The molecule has 0 unspecified atom stereocenters. The van der Waals surface area contributed by atoms with Gasteiger partial charge in [0.25, 0.3) is 0 Å². The summed E-state index contributed by atoms with van der Waals surface area (Å²) in [4.78, 5) is 12.0. The van der Waals surface area contributed by atoms with Crippen molar-refractivity contribution in [1.82, 2.24) is 4.57 Å². The van der Waals surface area contributed by atoms with E-state index in [0.717, 1.165) is 17.0 Å². The minimum absolute atomic E-state index is 0.314. The normalized spacial score (nSPS) is 10.6. The summed E-state index contributed by atoms with van der Waals surface area (Å²) in [6.07, 6.45) is 0. The summed E-state index contributed by atoms with van der Waals surface area (Å²) in [5.41, 5.74) is 9.25. The fraction of sp³-hybridized carbons (Fsp3) is 0.267. The number of rotatable bonds is 3. The highest BCUT2D eigenvalue weighted by Gasteiger charge is 2.24. The van der Waals surface area contributed by atoms with Crippen LogP contribution in [0.15, 0.2) is 24.3 Å². The van der Waals surface area contributed by atoms with Crippen molar-refractivity contribution in [2.24, 2.45) is 7.05 Å². The molecule has 0 saturated heterocycles. The highest BCUT2D eigenvalue weighted by molar-refractivity contribution is 6.33. The van der Waals surface area contributed by atoms with E-state index in [2.05, 4.69) is 0 Å². The van der Waals surface area contributed by atoms with Gasteiger partial charge in [-0.3, -0.25) is 0 Å². The molecule has 0 spiro atoms. The van der Waals surface area contributed by atoms with Crippen LogP contribution in [-0.4, -0.2) is 17.1 Å². The van der Waals surface area contributed by atoms with Crippen molar-refractivity contribution < 1.29 is 9.53 Å². The molecule has 2 N–H and O–H groups in total. The minimum Gasteiger partial charge on any atom is -0.462 e. The standard InChI is InChI=1S/C15H17ClN2O2/c1-4-20-15(19)12-9(2)18(3)14(13(12)17)10-7-5-6-8-11(10)16/h5-8H,4,17H2,1-3H3. The Kier molecular flexibility index (Phi) is 4.04. The SMILES string of the molecule is CCOC(=O)c1c(N)c(-c2ccccc2Cl)n(C)c1C. The van der Waals surface area contributed by atoms with E-state index in [-0.39, 0.29) is 0 Å². The summed E-state index contributed by atoms with van der Waals surface area (Å²) in [5, 5.41) is 0.593. The molecule has 106 valence electrons. The molecule has 0 aliphatic heterocycles. The second-order valence-corrected chi connectivity index (χ2v) is 4.89. The zero-order valence-corrected chi connectivity index (χ0v) is 12.5. The monoisotopic (exact) mass is 292 g/mol. The largest absolute Gasteiger partial charge is 0.462 e. The molecular formula is C15H17ClN2O2. The first-order valence-electron chi connectivity index (χ1n) is 6.35. The van der Waals surface area contributed by atoms with Gasteiger partial charge in [-0.2, -0.15) is 0 Å². The van der Waals surface area contributed by atoms with Gasteiger partial charge in [0.15, 0.2) is 0 Å². The molecule has 0 bridgehead atoms. The molecule has 20 heavy (non-hydrogen) atoms. The molecule has 5 heteroatoms. The zero-order chi connectivity index (χ0) is 14.9. The topological polar surface area (TPSA) is 57.2 Å². The third-order valence-corrected chi connectivity index (χ3v) is 3.66. The van der Waals surface area contributed by atoms with Crippen LogP contribution in [0.25, 0.3) is 11.3 Å². The fourth-order valence-corrected chi connectivity index (χ4v) is 2.49. The molecule has 0 aliphatic rings. The van der Waals surface area contributed by atoms with Gasteiger partial charge in [0.2, 0.25) is 0 Å². The van der Waals surface area contributed by atoms with Crippen LogP contribution in [0.4, 0.5) is 5.69 Å². The van der Waals surface area contributed by atoms with Gasteiger partial charge in [0.1, 0.15) is 5.56 Å². The van der Waals surface area contributed by atoms with Crippen LogP contribution in [-0.2, 0) is 11.8 Å². The second kappa shape index (κ2) is 5.59. The Morgan fingerprint density at radius 2 is 2.05 bits per heavy atom. The highest BCUT2D eigenvalue weighted by atomic mass is 35.5. The third-order valence-electron chi connectivity index (χ3n) is 3.33. The molecule has 0 aliphatic carbocycles. The predicted molar refractivity (Wildman–Crippen MR) is 81.0 cm³/mol. The summed E-state index contributed by atoms with van der Waals surface area (Å²) in [5.74, 6) is -0.406. The van der Waals surface area contributed by atoms with Crippen molar-refractivity contribution in [3.63, 3.8) is 0 Å². The van der Waals surface area contributed by atoms with Crippen LogP contribution in [0.5, 0.6) is 0 Å². The van der Waals surface area contributed by atoms with Crippen LogP contribution >= 0.6 is 11.6 Å². The van der Waals surface area contributed by atoms with Crippen molar-refractivity contribution in [2.75, 3.05) is 12.3 Å². The van der Waals surface area contributed by atoms with Gasteiger partial charge in [-0.1, -0.05) is 29.8 Å². The maximum Gasteiger partial charge on any atom is 0.342 e. The van der Waals surface area contributed by atoms with E-state index in [1.54, 1.807) is 13.0 Å². The number of nitrogens with zero attached hydrogens (tertiary/aromatic N) is 1. The Morgan fingerprint density at radius 3 is 2.65 bits per heavy atom. The summed E-state index contributed by atoms with van der Waals surface area (Å²) in [6, 6.07) is 7.40. The zero-order valence-electron chi connectivity index (χ0n) is 11.7. The number of carbonyl (C=O) groups excluding carboxylic acids is 1. The predicted octanol–water partition coefficient (Wildman–Crippen LogP) is 3.41. The number of anilines is 1. The molecule has 0 atom stereocenters. The summed E-state index contributed by atoms with van der Waals surface area (Å²) >= 11 is 6.22. The van der Waals surface area contributed by atoms with E-state index in [1.807, 2.05) is 36.7 Å². The van der Waals surface area contributed by atoms with Crippen LogP contribution in [0.2, 0.25) is 5.02 Å². The lowest BCUT2D eigenvalue weighted by atomic mass is 10.1. The van der Waals surface area contributed by atoms with E-state index in [9.17, 15) is 4.79 Å². The first kappa shape index (κ1) is 14.5. The van der Waals surface area contributed by atoms with Gasteiger partial charge in [-0.15, -0.1) is 0 Å². The van der Waals surface area contributed by atoms with E-state index in [0.29, 0.717) is 22.9 Å². The lowest BCUT2D eigenvalue weighted by Gasteiger charge is -2.08. The smallest absolute Gasteiger partial charge is 0.342 e. The number of hydrogen-bond acceptors (Lipinski definition) is 3. The number of nitrogens with two attached hydrogens (primary N) is 1. The summed E-state index contributed by atoms with van der Waals surface area (Å²) < 4.78 is 6.92. The van der Waals surface area contributed by atoms with Crippen LogP contribution < -0.4 is 5.73 Å². The molecule has 0 saturated carbocycles. The molecule has 2 aromatic rings. The number of esters is 1. The molecule has 1 aromatic heterocycles. The molecule has 1 heterocycles. The average molecular weight is 293 g/mol. The van der Waals surface area contributed by atoms with Crippen LogP contribution in [0.3, 0.4) is 0 Å². The number of halogens is 1. The van der Waals surface area contributed by atoms with Gasteiger partial charge in [0.05, 0.1) is 18.0 Å². The maximum atomic E-state index is 12.0. The first-order chi connectivity index (χ1) is 9.49. The fourth-order valence-electron chi connectivity index (χ4n) is 2.27. The lowest BCUT2D eigenvalue weighted by molar-refractivity contribution is 0.0526. The van der Waals surface area contributed by atoms with E-state index < -0.39 is 5.97 Å². The van der Waals surface area contributed by atoms with Gasteiger partial charge in [0, 0.05) is 23.3 Å². The van der Waals surface area contributed by atoms with Crippen LogP contribution in [0, 0.1) is 6.92 Å². The molecule has 0 radical (unpaired) electrons. The van der Waals surface area contributed by atoms with Crippen LogP contribution in [0.1, 0.15) is 23.0 Å². The van der Waals surface area contributed by atoms with Crippen molar-refractivity contribution in [3.8, 4) is 11.3 Å². The number of benzene rings is 1. The number of hydrogen-bond donors (Lipinski definition) is 1. The average Bonchev–Trinajstić information content (AvgIpc) is 2.62. The first-order valence-corrected chi connectivity index (χ1v) is 6.73. The van der Waals surface area contributed by atoms with Gasteiger partial charge in [-0.25, -0.2) is 4.79 Å². The third kappa shape index (κ3) is 2.27. The van der Waals surface area contributed by atoms with Crippen molar-refractivity contribution in [3.05, 3.63) is 40.5 Å². The Hall–Kier alpha value is -1.94. The molecular weight excluding hydrogens is 276 g/mol. The number of nitrogen functional groups attached to an aromatic ring is 1. The lowest BCUT2D eigenvalue weighted by Crippen LogP contribution is -2.08. The highest BCUT2D eigenvalue weighted by Crippen LogP contribution is 2.36. The number of aromatic nitrogens is 1. The summed E-state index contributed by atoms with van der Waals surface area (Å²) in [7, 11) is 1.85. The van der Waals surface area contributed by atoms with Crippen molar-refractivity contribution >= 4 is 23.3 Å². The van der Waals surface area contributed by atoms with Gasteiger partial charge < -0.3 is 15.0 Å². The Morgan fingerprint density at radius 1 is 1.40 bits per heavy atom. The number of carbonyl (C=O) groups is 1. The second-order valence-electron chi connectivity index (χ2n) is 4.48. The Labute approximate surface area is 123 Å². The molecule has 0 amide bonds. The maximum absolute atomic E-state index is 12.0. The van der Waals surface area contributed by atoms with Gasteiger partial charge >= 0.3 is 5.97 Å². The van der Waals surface area contributed by atoms with E-state index >= 15 is 0 Å². The Bertz CT molecular complexity index is 662. The van der Waals surface area contributed by atoms with Crippen molar-refractivity contribution in [1.29, 1.82) is 0 Å². The van der Waals surface area contributed by atoms with Gasteiger partial charge in [-0.05, 0) is 19.9 Å². The quantitative estimate of drug-likeness (QED) is 0.882. The molecule has 2 rings (SSSR count).